The van der Waals surface area contributed by atoms with Crippen LogP contribution >= 0.6 is 23.8 Å². The fourth-order valence-electron chi connectivity index (χ4n) is 2.87. The Morgan fingerprint density at radius 1 is 0.867 bits per heavy atom. The number of thiocarbonyl (C=S) groups is 1. The van der Waals surface area contributed by atoms with Gasteiger partial charge in [0, 0.05) is 27.5 Å². The van der Waals surface area contributed by atoms with E-state index in [2.05, 4.69) is 25.9 Å². The van der Waals surface area contributed by atoms with Crippen molar-refractivity contribution < 1.29 is 4.74 Å². The molecule has 0 saturated heterocycles. The van der Waals surface area contributed by atoms with Crippen molar-refractivity contribution in [2.45, 2.75) is 0 Å². The molecule has 3 N–H and O–H groups in total. The molecule has 150 valence electrons. The van der Waals surface area contributed by atoms with Gasteiger partial charge in [0.05, 0.1) is 12.6 Å². The molecule has 0 aliphatic rings. The maximum Gasteiger partial charge on any atom is 0.175 e. The standard InChI is InChI=1S/C22H18ClN5OS/c1-29-18-9-6-15(7-10-18)26-21-19-12-17(8-11-20(19)24-13-25-21)28-22(30)27-16-4-2-14(23)3-5-16/h2-13H,1H3,(H,24,25,26)(H2,27,28,30). The lowest BCUT2D eigenvalue weighted by atomic mass is 10.2. The minimum atomic E-state index is 0.471. The molecule has 0 saturated carbocycles. The summed E-state index contributed by atoms with van der Waals surface area (Å²) in [6.07, 6.45) is 1.54. The van der Waals surface area contributed by atoms with Crippen LogP contribution in [0.1, 0.15) is 0 Å². The highest BCUT2D eigenvalue weighted by Crippen LogP contribution is 2.27. The average molecular weight is 436 g/mol. The van der Waals surface area contributed by atoms with Gasteiger partial charge < -0.3 is 20.7 Å². The number of hydrogen-bond acceptors (Lipinski definition) is 5. The molecule has 0 unspecified atom stereocenters. The molecule has 0 bridgehead atoms. The number of benzene rings is 3. The van der Waals surface area contributed by atoms with Crippen LogP contribution in [0.3, 0.4) is 0 Å². The molecule has 0 fully saturated rings. The minimum absolute atomic E-state index is 0.471. The van der Waals surface area contributed by atoms with Crippen LogP contribution in [0.2, 0.25) is 5.02 Å². The van der Waals surface area contributed by atoms with E-state index in [0.717, 1.165) is 33.7 Å². The maximum absolute atomic E-state index is 5.92. The summed E-state index contributed by atoms with van der Waals surface area (Å²) in [5, 5.41) is 11.7. The molecular formula is C22H18ClN5OS. The molecule has 0 amide bonds. The highest BCUT2D eigenvalue weighted by molar-refractivity contribution is 7.80. The summed E-state index contributed by atoms with van der Waals surface area (Å²) >= 11 is 11.3. The maximum atomic E-state index is 5.92. The highest BCUT2D eigenvalue weighted by atomic mass is 35.5. The van der Waals surface area contributed by atoms with Crippen LogP contribution in [0.4, 0.5) is 22.9 Å². The third-order valence-corrected chi connectivity index (χ3v) is 4.80. The van der Waals surface area contributed by atoms with E-state index in [1.165, 1.54) is 6.33 Å². The third kappa shape index (κ3) is 4.76. The summed E-state index contributed by atoms with van der Waals surface area (Å²) in [7, 11) is 1.64. The van der Waals surface area contributed by atoms with Crippen molar-refractivity contribution in [3.8, 4) is 5.75 Å². The molecule has 0 aliphatic carbocycles. The Morgan fingerprint density at radius 2 is 1.53 bits per heavy atom. The summed E-state index contributed by atoms with van der Waals surface area (Å²) < 4.78 is 5.20. The van der Waals surface area contributed by atoms with Crippen molar-refractivity contribution in [3.05, 3.63) is 78.1 Å². The molecule has 0 atom stereocenters. The monoisotopic (exact) mass is 435 g/mol. The number of halogens is 1. The second-order valence-corrected chi connectivity index (χ2v) is 7.24. The van der Waals surface area contributed by atoms with Crippen molar-refractivity contribution in [1.82, 2.24) is 9.97 Å². The van der Waals surface area contributed by atoms with E-state index in [-0.39, 0.29) is 0 Å². The second-order valence-electron chi connectivity index (χ2n) is 6.39. The lowest BCUT2D eigenvalue weighted by Crippen LogP contribution is -2.18. The first-order valence-electron chi connectivity index (χ1n) is 9.10. The Morgan fingerprint density at radius 3 is 2.27 bits per heavy atom. The van der Waals surface area contributed by atoms with Gasteiger partial charge in [0.2, 0.25) is 0 Å². The predicted molar refractivity (Wildman–Crippen MR) is 127 cm³/mol. The van der Waals surface area contributed by atoms with Crippen LogP contribution in [0.15, 0.2) is 73.1 Å². The highest BCUT2D eigenvalue weighted by Gasteiger charge is 2.07. The Labute approximate surface area is 184 Å². The van der Waals surface area contributed by atoms with Gasteiger partial charge in [0.25, 0.3) is 0 Å². The zero-order chi connectivity index (χ0) is 20.9. The summed E-state index contributed by atoms with van der Waals surface area (Å²) in [6, 6.07) is 20.8. The molecular weight excluding hydrogens is 418 g/mol. The molecule has 1 heterocycles. The Hall–Kier alpha value is -3.42. The Kier molecular flexibility index (Phi) is 5.92. The molecule has 0 spiro atoms. The molecule has 4 aromatic rings. The van der Waals surface area contributed by atoms with Gasteiger partial charge >= 0.3 is 0 Å². The Bertz CT molecular complexity index is 1180. The van der Waals surface area contributed by atoms with Gasteiger partial charge in [-0.05, 0) is 78.9 Å². The van der Waals surface area contributed by atoms with Crippen LogP contribution in [-0.4, -0.2) is 22.2 Å². The summed E-state index contributed by atoms with van der Waals surface area (Å²) in [6.45, 7) is 0. The van der Waals surface area contributed by atoms with E-state index in [0.29, 0.717) is 16.0 Å². The lowest BCUT2D eigenvalue weighted by molar-refractivity contribution is 0.415. The average Bonchev–Trinajstić information content (AvgIpc) is 2.76. The molecule has 30 heavy (non-hydrogen) atoms. The van der Waals surface area contributed by atoms with Crippen LogP contribution < -0.4 is 20.7 Å². The number of nitrogens with one attached hydrogen (secondary N) is 3. The number of methoxy groups -OCH3 is 1. The van der Waals surface area contributed by atoms with Crippen molar-refractivity contribution in [3.63, 3.8) is 0 Å². The zero-order valence-corrected chi connectivity index (χ0v) is 17.6. The predicted octanol–water partition coefficient (Wildman–Crippen LogP) is 5.84. The zero-order valence-electron chi connectivity index (χ0n) is 16.0. The van der Waals surface area contributed by atoms with Crippen molar-refractivity contribution in [2.75, 3.05) is 23.1 Å². The second kappa shape index (κ2) is 8.94. The first kappa shape index (κ1) is 19.9. The third-order valence-electron chi connectivity index (χ3n) is 4.35. The van der Waals surface area contributed by atoms with E-state index in [1.54, 1.807) is 19.2 Å². The van der Waals surface area contributed by atoms with E-state index >= 15 is 0 Å². The number of anilines is 4. The summed E-state index contributed by atoms with van der Waals surface area (Å²) in [5.74, 6) is 1.49. The fraction of sp³-hybridized carbons (Fsp3) is 0.0455. The number of nitrogens with zero attached hydrogens (tertiary/aromatic N) is 2. The van der Waals surface area contributed by atoms with E-state index in [1.807, 2.05) is 54.6 Å². The largest absolute Gasteiger partial charge is 0.497 e. The quantitative estimate of drug-likeness (QED) is 0.340. The van der Waals surface area contributed by atoms with E-state index in [4.69, 9.17) is 28.6 Å². The van der Waals surface area contributed by atoms with Gasteiger partial charge in [-0.3, -0.25) is 0 Å². The number of rotatable bonds is 5. The van der Waals surface area contributed by atoms with Gasteiger partial charge in [0.15, 0.2) is 5.11 Å². The summed E-state index contributed by atoms with van der Waals surface area (Å²) in [5.41, 5.74) is 3.39. The lowest BCUT2D eigenvalue weighted by Gasteiger charge is -2.13. The van der Waals surface area contributed by atoms with Crippen LogP contribution in [0, 0.1) is 0 Å². The molecule has 4 rings (SSSR count). The fourth-order valence-corrected chi connectivity index (χ4v) is 3.23. The molecule has 6 nitrogen and oxygen atoms in total. The minimum Gasteiger partial charge on any atom is -0.497 e. The van der Waals surface area contributed by atoms with Crippen molar-refractivity contribution in [2.24, 2.45) is 0 Å². The van der Waals surface area contributed by atoms with Gasteiger partial charge in [-0.1, -0.05) is 11.6 Å². The molecule has 3 aromatic carbocycles. The molecule has 0 aliphatic heterocycles. The smallest absolute Gasteiger partial charge is 0.175 e. The van der Waals surface area contributed by atoms with Gasteiger partial charge in [-0.25, -0.2) is 9.97 Å². The van der Waals surface area contributed by atoms with Gasteiger partial charge in [-0.15, -0.1) is 0 Å². The number of aromatic nitrogens is 2. The van der Waals surface area contributed by atoms with Gasteiger partial charge in [-0.2, -0.15) is 0 Å². The van der Waals surface area contributed by atoms with Gasteiger partial charge in [0.1, 0.15) is 17.9 Å². The van der Waals surface area contributed by atoms with E-state index < -0.39 is 0 Å². The first-order chi connectivity index (χ1) is 14.6. The Balaban J connectivity index is 1.54. The molecule has 1 aromatic heterocycles. The molecule has 8 heteroatoms. The van der Waals surface area contributed by atoms with Crippen LogP contribution in [0.5, 0.6) is 5.75 Å². The normalized spacial score (nSPS) is 10.5. The topological polar surface area (TPSA) is 71.1 Å². The number of fused-ring (bicyclic) bond motifs is 1. The van der Waals surface area contributed by atoms with E-state index in [9.17, 15) is 0 Å². The van der Waals surface area contributed by atoms with Crippen molar-refractivity contribution >= 4 is 62.7 Å². The summed E-state index contributed by atoms with van der Waals surface area (Å²) in [4.78, 5) is 8.75. The first-order valence-corrected chi connectivity index (χ1v) is 9.89. The van der Waals surface area contributed by atoms with Crippen LogP contribution in [-0.2, 0) is 0 Å². The van der Waals surface area contributed by atoms with Crippen LogP contribution in [0.25, 0.3) is 10.9 Å². The number of ether oxygens (including phenoxy) is 1. The SMILES string of the molecule is COc1ccc(Nc2ncnc3ccc(NC(=S)Nc4ccc(Cl)cc4)cc23)cc1. The number of hydrogen-bond donors (Lipinski definition) is 3. The van der Waals surface area contributed by atoms with Crippen molar-refractivity contribution in [1.29, 1.82) is 0 Å². The molecule has 0 radical (unpaired) electrons.